The van der Waals surface area contributed by atoms with Crippen LogP contribution in [0.1, 0.15) is 6.42 Å². The van der Waals surface area contributed by atoms with Gasteiger partial charge in [-0.3, -0.25) is 5.10 Å². The highest BCUT2D eigenvalue weighted by molar-refractivity contribution is 6.46. The van der Waals surface area contributed by atoms with Crippen molar-refractivity contribution in [1.82, 2.24) is 15.2 Å². The van der Waals surface area contributed by atoms with E-state index in [2.05, 4.69) is 20.5 Å². The van der Waals surface area contributed by atoms with E-state index in [1.807, 2.05) is 0 Å². The van der Waals surface area contributed by atoms with Gasteiger partial charge >= 0.3 is 0 Å². The highest BCUT2D eigenvalue weighted by Gasteiger charge is 2.16. The molecule has 0 aliphatic heterocycles. The molecule has 0 atom stereocenters. The minimum atomic E-state index is -2.36. The van der Waals surface area contributed by atoms with Crippen LogP contribution in [0.5, 0.6) is 0 Å². The Morgan fingerprint density at radius 1 is 1.27 bits per heavy atom. The summed E-state index contributed by atoms with van der Waals surface area (Å²) in [5.41, 5.74) is 3.04. The molecule has 3 aromatic rings. The van der Waals surface area contributed by atoms with Gasteiger partial charge in [-0.25, -0.2) is 8.78 Å². The van der Waals surface area contributed by atoms with Crippen molar-refractivity contribution in [3.8, 4) is 11.1 Å². The molecule has 22 heavy (non-hydrogen) atoms. The lowest BCUT2D eigenvalue weighted by molar-refractivity contribution is 0.142. The van der Waals surface area contributed by atoms with Gasteiger partial charge in [0.25, 0.3) is 0 Å². The number of nitrogens with zero attached hydrogens (tertiary/aromatic N) is 1. The third kappa shape index (κ3) is 2.76. The average Bonchev–Trinajstić information content (AvgIpc) is 3.12. The molecule has 116 valence electrons. The number of benzene rings is 1. The Labute approximate surface area is 134 Å². The topological polar surface area (TPSA) is 56.5 Å². The second kappa shape index (κ2) is 6.14. The Balaban J connectivity index is 2.09. The first-order valence-electron chi connectivity index (χ1n) is 6.58. The van der Waals surface area contributed by atoms with Crippen molar-refractivity contribution in [1.29, 1.82) is 0 Å². The van der Waals surface area contributed by atoms with E-state index in [0.717, 1.165) is 16.5 Å². The minimum Gasteiger partial charge on any atom is -0.384 e. The summed E-state index contributed by atoms with van der Waals surface area (Å²) < 4.78 is 24.7. The van der Waals surface area contributed by atoms with Crippen molar-refractivity contribution in [3.63, 3.8) is 0 Å². The van der Waals surface area contributed by atoms with E-state index >= 15 is 0 Å². The zero-order valence-corrected chi connectivity index (χ0v) is 12.8. The molecule has 1 aromatic carbocycles. The molecule has 4 nitrogen and oxygen atoms in total. The molecule has 0 aliphatic carbocycles. The first kappa shape index (κ1) is 15.1. The molecular formula is C14H12Cl2F2N4. The Hall–Kier alpha value is -1.79. The molecule has 3 rings (SSSR count). The number of fused-ring (bicyclic) bond motifs is 1. The van der Waals surface area contributed by atoms with E-state index in [0.29, 0.717) is 21.2 Å². The third-order valence-corrected chi connectivity index (χ3v) is 4.12. The van der Waals surface area contributed by atoms with Crippen molar-refractivity contribution in [2.24, 2.45) is 0 Å². The molecule has 0 spiro atoms. The van der Waals surface area contributed by atoms with Crippen LogP contribution in [0.3, 0.4) is 0 Å². The second-order valence-corrected chi connectivity index (χ2v) is 5.55. The maximum atomic E-state index is 12.3. The molecule has 0 bridgehead atoms. The summed E-state index contributed by atoms with van der Waals surface area (Å²) in [4.78, 5) is 3.08. The van der Waals surface area contributed by atoms with E-state index < -0.39 is 6.43 Å². The van der Waals surface area contributed by atoms with Crippen molar-refractivity contribution >= 4 is 39.8 Å². The number of aromatic amines is 2. The maximum Gasteiger partial charge on any atom is 0.240 e. The van der Waals surface area contributed by atoms with Crippen LogP contribution in [0, 0.1) is 0 Å². The van der Waals surface area contributed by atoms with Gasteiger partial charge in [-0.2, -0.15) is 5.10 Å². The number of halogens is 4. The van der Waals surface area contributed by atoms with Crippen LogP contribution in [0.2, 0.25) is 10.0 Å². The first-order chi connectivity index (χ1) is 10.6. The largest absolute Gasteiger partial charge is 0.384 e. The summed E-state index contributed by atoms with van der Waals surface area (Å²) >= 11 is 12.3. The van der Waals surface area contributed by atoms with E-state index in [4.69, 9.17) is 23.2 Å². The van der Waals surface area contributed by atoms with E-state index in [1.54, 1.807) is 24.7 Å². The van der Waals surface area contributed by atoms with E-state index in [1.165, 1.54) is 0 Å². The van der Waals surface area contributed by atoms with E-state index in [9.17, 15) is 8.78 Å². The van der Waals surface area contributed by atoms with Gasteiger partial charge < -0.3 is 10.3 Å². The molecule has 0 saturated heterocycles. The Kier molecular flexibility index (Phi) is 4.22. The number of nitrogens with one attached hydrogen (secondary N) is 3. The van der Waals surface area contributed by atoms with E-state index in [-0.39, 0.29) is 13.0 Å². The highest BCUT2D eigenvalue weighted by Crippen LogP contribution is 2.40. The molecule has 3 N–H and O–H groups in total. The molecule has 0 unspecified atom stereocenters. The lowest BCUT2D eigenvalue weighted by Crippen LogP contribution is -2.06. The molecule has 0 radical (unpaired) electrons. The number of anilines is 1. The Bertz CT molecular complexity index is 784. The lowest BCUT2D eigenvalue weighted by atomic mass is 10.1. The second-order valence-electron chi connectivity index (χ2n) is 4.77. The van der Waals surface area contributed by atoms with Gasteiger partial charge in [0, 0.05) is 47.6 Å². The highest BCUT2D eigenvalue weighted by atomic mass is 35.5. The molecular weight excluding hydrogens is 333 g/mol. The first-order valence-corrected chi connectivity index (χ1v) is 7.33. The van der Waals surface area contributed by atoms with Gasteiger partial charge in [-0.15, -0.1) is 0 Å². The number of alkyl halides is 2. The lowest BCUT2D eigenvalue weighted by Gasteiger charge is -2.11. The number of hydrogen-bond acceptors (Lipinski definition) is 2. The van der Waals surface area contributed by atoms with Crippen molar-refractivity contribution in [2.45, 2.75) is 12.8 Å². The summed E-state index contributed by atoms with van der Waals surface area (Å²) in [7, 11) is 0. The molecule has 0 fully saturated rings. The smallest absolute Gasteiger partial charge is 0.240 e. The summed E-state index contributed by atoms with van der Waals surface area (Å²) in [6.45, 7) is 0.140. The molecule has 0 saturated carbocycles. The van der Waals surface area contributed by atoms with Gasteiger partial charge in [-0.1, -0.05) is 23.2 Å². The normalized spacial score (nSPS) is 11.5. The van der Waals surface area contributed by atoms with Crippen LogP contribution < -0.4 is 5.32 Å². The zero-order valence-electron chi connectivity index (χ0n) is 11.3. The van der Waals surface area contributed by atoms with Crippen LogP contribution in [0.25, 0.3) is 22.0 Å². The standard InChI is InChI=1S/C14H12Cl2F2N4/c15-9-3-10(19-2-1-11(17)18)12-8(7-4-21-22-5-7)6-20-14(12)13(9)16/h3-6,11,19-20H,1-2H2,(H,21,22). The van der Waals surface area contributed by atoms with Crippen molar-refractivity contribution in [2.75, 3.05) is 11.9 Å². The fourth-order valence-corrected chi connectivity index (χ4v) is 2.75. The summed E-state index contributed by atoms with van der Waals surface area (Å²) in [6, 6.07) is 1.65. The summed E-state index contributed by atoms with van der Waals surface area (Å²) in [5, 5.41) is 11.2. The predicted molar refractivity (Wildman–Crippen MR) is 85.0 cm³/mol. The van der Waals surface area contributed by atoms with Crippen LogP contribution >= 0.6 is 23.2 Å². The molecule has 0 amide bonds. The fourth-order valence-electron chi connectivity index (χ4n) is 2.34. The predicted octanol–water partition coefficient (Wildman–Crippen LogP) is 4.93. The number of rotatable bonds is 5. The number of aromatic nitrogens is 3. The number of hydrogen-bond donors (Lipinski definition) is 3. The van der Waals surface area contributed by atoms with Crippen LogP contribution in [-0.4, -0.2) is 28.2 Å². The molecule has 2 heterocycles. The monoisotopic (exact) mass is 344 g/mol. The average molecular weight is 345 g/mol. The third-order valence-electron chi connectivity index (χ3n) is 3.34. The van der Waals surface area contributed by atoms with Crippen molar-refractivity contribution in [3.05, 3.63) is 34.7 Å². The SMILES string of the molecule is FC(F)CCNc1cc(Cl)c(Cl)c2[nH]cc(-c3cn[nH]c3)c12. The van der Waals surface area contributed by atoms with Gasteiger partial charge in [0.15, 0.2) is 0 Å². The van der Waals surface area contributed by atoms with Gasteiger partial charge in [0.2, 0.25) is 6.43 Å². The van der Waals surface area contributed by atoms with Crippen molar-refractivity contribution < 1.29 is 8.78 Å². The molecule has 2 aromatic heterocycles. The Morgan fingerprint density at radius 3 is 2.77 bits per heavy atom. The van der Waals surface area contributed by atoms with Gasteiger partial charge in [-0.05, 0) is 6.07 Å². The minimum absolute atomic E-state index is 0.140. The quantitative estimate of drug-likeness (QED) is 0.614. The maximum absolute atomic E-state index is 12.3. The summed E-state index contributed by atoms with van der Waals surface area (Å²) in [6.07, 6.45) is 2.61. The van der Waals surface area contributed by atoms with Crippen LogP contribution in [0.4, 0.5) is 14.5 Å². The molecule has 8 heteroatoms. The number of H-pyrrole nitrogens is 2. The van der Waals surface area contributed by atoms with Gasteiger partial charge in [0.1, 0.15) is 0 Å². The molecule has 0 aliphatic rings. The summed E-state index contributed by atoms with van der Waals surface area (Å²) in [5.74, 6) is 0. The Morgan fingerprint density at radius 2 is 2.09 bits per heavy atom. The zero-order chi connectivity index (χ0) is 15.7. The van der Waals surface area contributed by atoms with Crippen LogP contribution in [-0.2, 0) is 0 Å². The fraction of sp³-hybridized carbons (Fsp3) is 0.214. The van der Waals surface area contributed by atoms with Crippen LogP contribution in [0.15, 0.2) is 24.7 Å². The van der Waals surface area contributed by atoms with Gasteiger partial charge in [0.05, 0.1) is 21.8 Å².